The van der Waals surface area contributed by atoms with Crippen LogP contribution in [0.4, 0.5) is 5.82 Å². The van der Waals surface area contributed by atoms with Crippen molar-refractivity contribution < 1.29 is 9.53 Å². The van der Waals surface area contributed by atoms with E-state index in [9.17, 15) is 4.79 Å². The lowest BCUT2D eigenvalue weighted by molar-refractivity contribution is -0.120. The Morgan fingerprint density at radius 3 is 2.41 bits per heavy atom. The highest BCUT2D eigenvalue weighted by Gasteiger charge is 2.23. The van der Waals surface area contributed by atoms with Crippen LogP contribution in [0.5, 0.6) is 5.75 Å². The van der Waals surface area contributed by atoms with E-state index in [0.29, 0.717) is 5.82 Å². The molecule has 1 atom stereocenters. The summed E-state index contributed by atoms with van der Waals surface area (Å²) in [5.74, 6) is 1.60. The number of nitrogens with one attached hydrogen (secondary N) is 1. The molecule has 0 saturated carbocycles. The lowest BCUT2D eigenvalue weighted by atomic mass is 9.92. The molecule has 0 fully saturated rings. The van der Waals surface area contributed by atoms with Gasteiger partial charge in [0.15, 0.2) is 0 Å². The number of benzene rings is 1. The second-order valence-corrected chi connectivity index (χ2v) is 8.01. The zero-order valence-electron chi connectivity index (χ0n) is 17.5. The van der Waals surface area contributed by atoms with Crippen LogP contribution in [-0.2, 0) is 10.2 Å². The first kappa shape index (κ1) is 21.0. The summed E-state index contributed by atoms with van der Waals surface area (Å²) in [6, 6.07) is 9.67. The number of aromatic nitrogens is 2. The smallest absolute Gasteiger partial charge is 0.228 e. The van der Waals surface area contributed by atoms with Gasteiger partial charge in [-0.05, 0) is 37.1 Å². The molecule has 2 rings (SSSR count). The molecule has 0 saturated heterocycles. The van der Waals surface area contributed by atoms with Crippen molar-refractivity contribution in [2.45, 2.75) is 65.7 Å². The molecule has 148 valence electrons. The van der Waals surface area contributed by atoms with Crippen molar-refractivity contribution in [2.75, 3.05) is 12.4 Å². The van der Waals surface area contributed by atoms with Gasteiger partial charge in [0.05, 0.1) is 18.5 Å². The van der Waals surface area contributed by atoms with Gasteiger partial charge >= 0.3 is 0 Å². The van der Waals surface area contributed by atoms with Crippen molar-refractivity contribution in [3.63, 3.8) is 0 Å². The number of carbonyl (C=O) groups is 1. The van der Waals surface area contributed by atoms with E-state index in [1.165, 1.54) is 0 Å². The minimum Gasteiger partial charge on any atom is -0.497 e. The number of rotatable bonds is 8. The minimum atomic E-state index is -0.108. The van der Waals surface area contributed by atoms with E-state index >= 15 is 0 Å². The normalized spacial score (nSPS) is 12.7. The maximum absolute atomic E-state index is 12.8. The molecule has 0 aliphatic rings. The molecule has 5 nitrogen and oxygen atoms in total. The maximum Gasteiger partial charge on any atom is 0.228 e. The number of hydrogen-bond donors (Lipinski definition) is 1. The van der Waals surface area contributed by atoms with Crippen LogP contribution < -0.4 is 10.1 Å². The van der Waals surface area contributed by atoms with Gasteiger partial charge in [0, 0.05) is 17.4 Å². The molecule has 2 aromatic rings. The summed E-state index contributed by atoms with van der Waals surface area (Å²) < 4.78 is 7.05. The molecule has 1 N–H and O–H groups in total. The quantitative estimate of drug-likeness (QED) is 0.682. The van der Waals surface area contributed by atoms with Crippen LogP contribution in [0.1, 0.15) is 66.0 Å². The zero-order chi connectivity index (χ0) is 20.0. The largest absolute Gasteiger partial charge is 0.497 e. The lowest BCUT2D eigenvalue weighted by Crippen LogP contribution is -2.23. The van der Waals surface area contributed by atoms with Gasteiger partial charge < -0.3 is 10.1 Å². The summed E-state index contributed by atoms with van der Waals surface area (Å²) >= 11 is 0. The van der Waals surface area contributed by atoms with Crippen molar-refractivity contribution in [2.24, 2.45) is 5.92 Å². The van der Waals surface area contributed by atoms with Crippen LogP contribution in [0.2, 0.25) is 0 Å². The number of hydrogen-bond acceptors (Lipinski definition) is 3. The van der Waals surface area contributed by atoms with E-state index in [0.717, 1.165) is 42.8 Å². The monoisotopic (exact) mass is 371 g/mol. The Labute approximate surface area is 163 Å². The van der Waals surface area contributed by atoms with Gasteiger partial charge in [-0.1, -0.05) is 47.5 Å². The Kier molecular flexibility index (Phi) is 7.05. The predicted octanol–water partition coefficient (Wildman–Crippen LogP) is 5.33. The molecule has 1 heterocycles. The van der Waals surface area contributed by atoms with Crippen LogP contribution in [-0.4, -0.2) is 22.8 Å². The first-order valence-electron chi connectivity index (χ1n) is 9.86. The van der Waals surface area contributed by atoms with Crippen LogP contribution in [0.25, 0.3) is 5.69 Å². The average Bonchev–Trinajstić information content (AvgIpc) is 3.06. The molecule has 0 aliphatic heterocycles. The van der Waals surface area contributed by atoms with Crippen molar-refractivity contribution in [3.8, 4) is 11.4 Å². The SMILES string of the molecule is CCCC[C@@H](CC)C(=O)Nc1cc(C(C)(C)C)nn1-c1ccc(OC)cc1. The van der Waals surface area contributed by atoms with Gasteiger partial charge in [0.1, 0.15) is 11.6 Å². The highest BCUT2D eigenvalue weighted by atomic mass is 16.5. The first-order valence-corrected chi connectivity index (χ1v) is 9.86. The molecule has 1 amide bonds. The fraction of sp³-hybridized carbons (Fsp3) is 0.545. The van der Waals surface area contributed by atoms with Gasteiger partial charge in [-0.25, -0.2) is 4.68 Å². The molecule has 5 heteroatoms. The van der Waals surface area contributed by atoms with Crippen molar-refractivity contribution in [1.82, 2.24) is 9.78 Å². The molecule has 0 aliphatic carbocycles. The van der Waals surface area contributed by atoms with Gasteiger partial charge in [-0.15, -0.1) is 0 Å². The highest BCUT2D eigenvalue weighted by molar-refractivity contribution is 5.92. The van der Waals surface area contributed by atoms with Crippen LogP contribution in [0.15, 0.2) is 30.3 Å². The zero-order valence-corrected chi connectivity index (χ0v) is 17.5. The number of anilines is 1. The number of amides is 1. The topological polar surface area (TPSA) is 56.2 Å². The molecule has 0 unspecified atom stereocenters. The van der Waals surface area contributed by atoms with E-state index in [4.69, 9.17) is 9.84 Å². The molecule has 0 bridgehead atoms. The summed E-state index contributed by atoms with van der Waals surface area (Å²) in [6.45, 7) is 10.6. The van der Waals surface area contributed by atoms with Gasteiger partial charge in [0.2, 0.25) is 5.91 Å². The second kappa shape index (κ2) is 9.07. The van der Waals surface area contributed by atoms with E-state index < -0.39 is 0 Å². The number of methoxy groups -OCH3 is 1. The Hall–Kier alpha value is -2.30. The third-order valence-corrected chi connectivity index (χ3v) is 4.82. The Bertz CT molecular complexity index is 742. The fourth-order valence-electron chi connectivity index (χ4n) is 2.96. The molecular formula is C22H33N3O2. The summed E-state index contributed by atoms with van der Waals surface area (Å²) in [7, 11) is 1.65. The second-order valence-electron chi connectivity index (χ2n) is 8.01. The average molecular weight is 372 g/mol. The van der Waals surface area contributed by atoms with E-state index in [-0.39, 0.29) is 17.2 Å². The van der Waals surface area contributed by atoms with Crippen molar-refractivity contribution >= 4 is 11.7 Å². The third kappa shape index (κ3) is 5.34. The van der Waals surface area contributed by atoms with Gasteiger partial charge in [0.25, 0.3) is 0 Å². The molecule has 1 aromatic heterocycles. The fourth-order valence-corrected chi connectivity index (χ4v) is 2.96. The highest BCUT2D eigenvalue weighted by Crippen LogP contribution is 2.28. The predicted molar refractivity (Wildman–Crippen MR) is 111 cm³/mol. The van der Waals surface area contributed by atoms with Crippen LogP contribution >= 0.6 is 0 Å². The van der Waals surface area contributed by atoms with Crippen molar-refractivity contribution in [1.29, 1.82) is 0 Å². The van der Waals surface area contributed by atoms with Crippen LogP contribution in [0.3, 0.4) is 0 Å². The molecule has 27 heavy (non-hydrogen) atoms. The summed E-state index contributed by atoms with van der Waals surface area (Å²) in [5.41, 5.74) is 1.72. The van der Waals surface area contributed by atoms with E-state index in [1.54, 1.807) is 7.11 Å². The Morgan fingerprint density at radius 2 is 1.89 bits per heavy atom. The van der Waals surface area contributed by atoms with E-state index in [1.807, 2.05) is 35.0 Å². The lowest BCUT2D eigenvalue weighted by Gasteiger charge is -2.15. The first-order chi connectivity index (χ1) is 12.8. The maximum atomic E-state index is 12.8. The third-order valence-electron chi connectivity index (χ3n) is 4.82. The summed E-state index contributed by atoms with van der Waals surface area (Å²) in [4.78, 5) is 12.8. The van der Waals surface area contributed by atoms with Gasteiger partial charge in [-0.2, -0.15) is 5.10 Å². The Balaban J connectivity index is 2.35. The number of carbonyl (C=O) groups excluding carboxylic acids is 1. The number of ether oxygens (including phenoxy) is 1. The van der Waals surface area contributed by atoms with Crippen LogP contribution in [0, 0.1) is 5.92 Å². The molecule has 0 spiro atoms. The summed E-state index contributed by atoms with van der Waals surface area (Å²) in [6.07, 6.45) is 3.93. The summed E-state index contributed by atoms with van der Waals surface area (Å²) in [5, 5.41) is 7.89. The standard InChI is InChI=1S/C22H33N3O2/c1-7-9-10-16(8-2)21(26)23-20-15-19(22(3,4)5)24-25(20)17-11-13-18(27-6)14-12-17/h11-16H,7-10H2,1-6H3,(H,23,26)/t16-/m1/s1. The van der Waals surface area contributed by atoms with E-state index in [2.05, 4.69) is 39.9 Å². The molecule has 0 radical (unpaired) electrons. The number of unbranched alkanes of at least 4 members (excludes halogenated alkanes) is 1. The number of nitrogens with zero attached hydrogens (tertiary/aromatic N) is 2. The van der Waals surface area contributed by atoms with Gasteiger partial charge in [-0.3, -0.25) is 4.79 Å². The molecule has 1 aromatic carbocycles. The van der Waals surface area contributed by atoms with Crippen molar-refractivity contribution in [3.05, 3.63) is 36.0 Å². The Morgan fingerprint density at radius 1 is 1.22 bits per heavy atom. The minimum absolute atomic E-state index is 0.0299. The molecular weight excluding hydrogens is 338 g/mol.